The molecular formula is C14H22N2OS. The molecule has 2 rings (SSSR count). The Labute approximate surface area is 113 Å². The van der Waals surface area contributed by atoms with Crippen LogP contribution >= 0.6 is 11.8 Å². The number of hydrogen-bond acceptors (Lipinski definition) is 4. The molecule has 1 saturated carbocycles. The minimum atomic E-state index is 0.142. The van der Waals surface area contributed by atoms with Gasteiger partial charge in [-0.05, 0) is 45.1 Å². The fourth-order valence-corrected chi connectivity index (χ4v) is 2.63. The molecule has 0 aromatic heterocycles. The molecule has 3 nitrogen and oxygen atoms in total. The highest BCUT2D eigenvalue weighted by Gasteiger charge is 2.41. The highest BCUT2D eigenvalue weighted by Crippen LogP contribution is 2.47. The van der Waals surface area contributed by atoms with Crippen molar-refractivity contribution in [1.82, 2.24) is 0 Å². The van der Waals surface area contributed by atoms with Gasteiger partial charge >= 0.3 is 0 Å². The molecule has 3 N–H and O–H groups in total. The van der Waals surface area contributed by atoms with Gasteiger partial charge in [0.1, 0.15) is 5.75 Å². The van der Waals surface area contributed by atoms with Gasteiger partial charge in [0, 0.05) is 11.3 Å². The summed E-state index contributed by atoms with van der Waals surface area (Å²) >= 11 is 1.94. The predicted molar refractivity (Wildman–Crippen MR) is 80.6 cm³/mol. The van der Waals surface area contributed by atoms with Crippen molar-refractivity contribution in [2.45, 2.75) is 37.5 Å². The maximum Gasteiger partial charge on any atom is 0.144 e. The minimum absolute atomic E-state index is 0.142. The van der Waals surface area contributed by atoms with E-state index in [0.29, 0.717) is 10.4 Å². The minimum Gasteiger partial charge on any atom is -0.489 e. The number of thioether (sulfide) groups is 1. The van der Waals surface area contributed by atoms with E-state index in [1.54, 1.807) is 0 Å². The van der Waals surface area contributed by atoms with Crippen molar-refractivity contribution in [2.75, 3.05) is 23.9 Å². The Morgan fingerprint density at radius 1 is 1.44 bits per heavy atom. The third-order valence-electron chi connectivity index (χ3n) is 3.27. The first-order chi connectivity index (χ1) is 8.56. The lowest BCUT2D eigenvalue weighted by Gasteiger charge is -2.18. The Bertz CT molecular complexity index is 416. The van der Waals surface area contributed by atoms with E-state index >= 15 is 0 Å². The fraction of sp³-hybridized carbons (Fsp3) is 0.571. The van der Waals surface area contributed by atoms with E-state index in [9.17, 15) is 0 Å². The zero-order valence-electron chi connectivity index (χ0n) is 11.3. The van der Waals surface area contributed by atoms with Gasteiger partial charge in [0.25, 0.3) is 0 Å². The molecule has 0 heterocycles. The summed E-state index contributed by atoms with van der Waals surface area (Å²) in [5.41, 5.74) is 7.82. The summed E-state index contributed by atoms with van der Waals surface area (Å²) in [6.07, 6.45) is 4.91. The molecule has 4 heteroatoms. The van der Waals surface area contributed by atoms with Crippen LogP contribution in [0.5, 0.6) is 5.75 Å². The first-order valence-electron chi connectivity index (χ1n) is 6.40. The van der Waals surface area contributed by atoms with Crippen molar-refractivity contribution in [2.24, 2.45) is 0 Å². The van der Waals surface area contributed by atoms with Crippen LogP contribution in [-0.2, 0) is 0 Å². The summed E-state index contributed by atoms with van der Waals surface area (Å²) in [5.74, 6) is 0.768. The summed E-state index contributed by atoms with van der Waals surface area (Å²) < 4.78 is 6.12. The summed E-state index contributed by atoms with van der Waals surface area (Å²) in [5, 5.41) is 3.45. The van der Waals surface area contributed by atoms with E-state index in [-0.39, 0.29) is 6.10 Å². The molecule has 1 fully saturated rings. The van der Waals surface area contributed by atoms with Gasteiger partial charge in [-0.3, -0.25) is 0 Å². The second-order valence-electron chi connectivity index (χ2n) is 5.12. The fourth-order valence-electron chi connectivity index (χ4n) is 1.90. The number of hydrogen-bond donors (Lipinski definition) is 2. The number of benzene rings is 1. The summed E-state index contributed by atoms with van der Waals surface area (Å²) in [4.78, 5) is 0. The molecule has 1 aromatic carbocycles. The molecule has 0 amide bonds. The second kappa shape index (κ2) is 5.31. The Morgan fingerprint density at radius 2 is 2.17 bits per heavy atom. The lowest BCUT2D eigenvalue weighted by Crippen LogP contribution is -2.18. The first-order valence-corrected chi connectivity index (χ1v) is 7.63. The smallest absolute Gasteiger partial charge is 0.144 e. The van der Waals surface area contributed by atoms with Gasteiger partial charge in [0.15, 0.2) is 0 Å². The van der Waals surface area contributed by atoms with Gasteiger partial charge in [0.2, 0.25) is 0 Å². The van der Waals surface area contributed by atoms with Crippen molar-refractivity contribution >= 4 is 23.1 Å². The molecule has 0 atom stereocenters. The number of ether oxygens (including phenoxy) is 1. The van der Waals surface area contributed by atoms with Gasteiger partial charge in [-0.25, -0.2) is 0 Å². The lowest BCUT2D eigenvalue weighted by molar-refractivity contribution is 0.244. The maximum atomic E-state index is 6.13. The van der Waals surface area contributed by atoms with Crippen LogP contribution in [0.1, 0.15) is 26.7 Å². The van der Waals surface area contributed by atoms with Gasteiger partial charge in [-0.15, -0.1) is 0 Å². The number of anilines is 2. The molecule has 0 spiro atoms. The van der Waals surface area contributed by atoms with E-state index in [0.717, 1.165) is 18.0 Å². The molecule has 0 unspecified atom stereocenters. The molecule has 0 bridgehead atoms. The van der Waals surface area contributed by atoms with Crippen LogP contribution in [0.15, 0.2) is 18.2 Å². The zero-order chi connectivity index (χ0) is 13.2. The van der Waals surface area contributed by atoms with Crippen LogP contribution < -0.4 is 15.8 Å². The summed E-state index contributed by atoms with van der Waals surface area (Å²) in [7, 11) is 0. The number of nitrogens with two attached hydrogens (primary N) is 1. The standard InChI is InChI=1S/C14H22N2OS/c1-10(2)17-12-6-4-5-11(13(12)15)16-9-14(18-3)7-8-14/h4-6,10,16H,7-9,15H2,1-3H3. The molecule has 1 aliphatic rings. The monoisotopic (exact) mass is 266 g/mol. The molecule has 18 heavy (non-hydrogen) atoms. The van der Waals surface area contributed by atoms with E-state index in [4.69, 9.17) is 10.5 Å². The highest BCUT2D eigenvalue weighted by atomic mass is 32.2. The molecule has 0 aliphatic heterocycles. The summed E-state index contributed by atoms with van der Waals surface area (Å²) in [6.45, 7) is 4.99. The average Bonchev–Trinajstić information content (AvgIpc) is 3.10. The Kier molecular flexibility index (Phi) is 3.95. The third kappa shape index (κ3) is 3.05. The van der Waals surface area contributed by atoms with Crippen LogP contribution in [0.2, 0.25) is 0 Å². The predicted octanol–water partition coefficient (Wildman–Crippen LogP) is 3.36. The van der Waals surface area contributed by atoms with Crippen molar-refractivity contribution in [3.05, 3.63) is 18.2 Å². The molecular weight excluding hydrogens is 244 g/mol. The van der Waals surface area contributed by atoms with E-state index in [2.05, 4.69) is 11.6 Å². The van der Waals surface area contributed by atoms with Crippen LogP contribution in [0.25, 0.3) is 0 Å². The van der Waals surface area contributed by atoms with E-state index in [1.807, 2.05) is 43.8 Å². The van der Waals surface area contributed by atoms with Crippen molar-refractivity contribution in [3.8, 4) is 5.75 Å². The quantitative estimate of drug-likeness (QED) is 0.775. The SMILES string of the molecule is CSC1(CNc2cccc(OC(C)C)c2N)CC1. The molecule has 1 aromatic rings. The molecule has 1 aliphatic carbocycles. The third-order valence-corrected chi connectivity index (χ3v) is 4.69. The number of rotatable bonds is 6. The number of nitrogen functional groups attached to an aromatic ring is 1. The molecule has 0 radical (unpaired) electrons. The van der Waals surface area contributed by atoms with Gasteiger partial charge in [-0.2, -0.15) is 11.8 Å². The van der Waals surface area contributed by atoms with E-state index in [1.165, 1.54) is 12.8 Å². The normalized spacial score (nSPS) is 16.7. The summed E-state index contributed by atoms with van der Waals surface area (Å²) in [6, 6.07) is 5.91. The lowest BCUT2D eigenvalue weighted by atomic mass is 10.2. The van der Waals surface area contributed by atoms with Crippen molar-refractivity contribution in [1.29, 1.82) is 0 Å². The van der Waals surface area contributed by atoms with Gasteiger partial charge in [-0.1, -0.05) is 6.07 Å². The zero-order valence-corrected chi connectivity index (χ0v) is 12.1. The Balaban J connectivity index is 2.04. The Hall–Kier alpha value is -1.03. The van der Waals surface area contributed by atoms with Crippen LogP contribution in [0.4, 0.5) is 11.4 Å². The van der Waals surface area contributed by atoms with Crippen LogP contribution in [0.3, 0.4) is 0 Å². The maximum absolute atomic E-state index is 6.13. The number of nitrogens with one attached hydrogen (secondary N) is 1. The molecule has 0 saturated heterocycles. The van der Waals surface area contributed by atoms with Crippen molar-refractivity contribution < 1.29 is 4.74 Å². The topological polar surface area (TPSA) is 47.3 Å². The second-order valence-corrected chi connectivity index (χ2v) is 6.40. The molecule has 100 valence electrons. The highest BCUT2D eigenvalue weighted by molar-refractivity contribution is 8.00. The van der Waals surface area contributed by atoms with Gasteiger partial charge < -0.3 is 15.8 Å². The van der Waals surface area contributed by atoms with Crippen LogP contribution in [-0.4, -0.2) is 23.7 Å². The number of para-hydroxylation sites is 1. The largest absolute Gasteiger partial charge is 0.489 e. The van der Waals surface area contributed by atoms with Crippen LogP contribution in [0, 0.1) is 0 Å². The first kappa shape index (κ1) is 13.4. The van der Waals surface area contributed by atoms with Crippen molar-refractivity contribution in [3.63, 3.8) is 0 Å². The average molecular weight is 266 g/mol. The Morgan fingerprint density at radius 3 is 2.72 bits per heavy atom. The van der Waals surface area contributed by atoms with Gasteiger partial charge in [0.05, 0.1) is 17.5 Å². The van der Waals surface area contributed by atoms with E-state index < -0.39 is 0 Å².